The molecule has 0 atom stereocenters. The summed E-state index contributed by atoms with van der Waals surface area (Å²) in [5, 5.41) is 26.6. The summed E-state index contributed by atoms with van der Waals surface area (Å²) in [6.07, 6.45) is 4.01. The van der Waals surface area contributed by atoms with Crippen LogP contribution in [0.1, 0.15) is 18.4 Å². The molecule has 0 aromatic heterocycles. The van der Waals surface area contributed by atoms with Crippen LogP contribution in [0.2, 0.25) is 5.02 Å². The van der Waals surface area contributed by atoms with Gasteiger partial charge in [-0.25, -0.2) is 0 Å². The van der Waals surface area contributed by atoms with Gasteiger partial charge in [0.15, 0.2) is 0 Å². The first-order valence-corrected chi connectivity index (χ1v) is 7.22. The Morgan fingerprint density at radius 3 is 2.70 bits per heavy atom. The van der Waals surface area contributed by atoms with Crippen LogP contribution in [-0.4, -0.2) is 42.1 Å². The monoisotopic (exact) mass is 457 g/mol. The third kappa shape index (κ3) is 7.71. The van der Waals surface area contributed by atoms with Gasteiger partial charge in [-0.15, -0.1) is 34.1 Å². The van der Waals surface area contributed by atoms with Crippen LogP contribution in [0.15, 0.2) is 24.3 Å². The third-order valence-electron chi connectivity index (χ3n) is 3.13. The van der Waals surface area contributed by atoms with E-state index in [4.69, 9.17) is 32.0 Å². The van der Waals surface area contributed by atoms with Crippen LogP contribution in [0.5, 0.6) is 0 Å². The van der Waals surface area contributed by atoms with Crippen LogP contribution >= 0.6 is 35.6 Å². The van der Waals surface area contributed by atoms with Crippen LogP contribution in [0.4, 0.5) is 5.69 Å². The lowest BCUT2D eigenvalue weighted by Gasteiger charge is -2.28. The number of unbranched alkanes of at least 4 members (excludes halogenated alkanes) is 1. The number of fused-ring (bicyclic) bond motifs is 1. The SMILES string of the molecule is CN1CC=C(NCCCCO)c2ccc(Cl)cc21.I.O=[N+]([O-])O. The summed E-state index contributed by atoms with van der Waals surface area (Å²) in [6, 6.07) is 5.97. The Hall–Kier alpha value is -1.26. The average molecular weight is 458 g/mol. The van der Waals surface area contributed by atoms with E-state index in [-0.39, 0.29) is 30.6 Å². The van der Waals surface area contributed by atoms with Gasteiger partial charge in [-0.2, -0.15) is 0 Å². The van der Waals surface area contributed by atoms with Gasteiger partial charge < -0.3 is 20.5 Å². The minimum Gasteiger partial charge on any atom is -0.396 e. The van der Waals surface area contributed by atoms with Crippen molar-refractivity contribution in [1.29, 1.82) is 0 Å². The summed E-state index contributed by atoms with van der Waals surface area (Å²) in [6.45, 7) is 2.03. The van der Waals surface area contributed by atoms with Crippen molar-refractivity contribution in [2.75, 3.05) is 31.6 Å². The second kappa shape index (κ2) is 11.3. The fourth-order valence-electron chi connectivity index (χ4n) is 2.11. The van der Waals surface area contributed by atoms with E-state index in [0.717, 1.165) is 42.3 Å². The number of aliphatic hydroxyl groups is 1. The number of benzene rings is 1. The minimum absolute atomic E-state index is 0. The molecule has 0 spiro atoms. The van der Waals surface area contributed by atoms with Gasteiger partial charge in [-0.05, 0) is 37.1 Å². The number of hydrogen-bond acceptors (Lipinski definition) is 5. The fourth-order valence-corrected chi connectivity index (χ4v) is 2.28. The van der Waals surface area contributed by atoms with Crippen LogP contribution in [0.25, 0.3) is 5.70 Å². The smallest absolute Gasteiger partial charge is 0.291 e. The van der Waals surface area contributed by atoms with Crippen molar-refractivity contribution in [3.63, 3.8) is 0 Å². The van der Waals surface area contributed by atoms with Gasteiger partial charge in [0.05, 0.1) is 0 Å². The highest BCUT2D eigenvalue weighted by atomic mass is 127. The third-order valence-corrected chi connectivity index (χ3v) is 3.37. The van der Waals surface area contributed by atoms with E-state index in [1.54, 1.807) is 0 Å². The minimum atomic E-state index is -1.50. The lowest BCUT2D eigenvalue weighted by atomic mass is 10.0. The van der Waals surface area contributed by atoms with Crippen LogP contribution in [-0.2, 0) is 0 Å². The molecule has 1 heterocycles. The molecule has 0 saturated heterocycles. The summed E-state index contributed by atoms with van der Waals surface area (Å²) in [5.74, 6) is 0. The predicted molar refractivity (Wildman–Crippen MR) is 101 cm³/mol. The summed E-state index contributed by atoms with van der Waals surface area (Å²) in [5.41, 5.74) is 3.52. The Kier molecular flexibility index (Phi) is 10.7. The molecular weight excluding hydrogens is 437 g/mol. The lowest BCUT2D eigenvalue weighted by Crippen LogP contribution is -2.26. The summed E-state index contributed by atoms with van der Waals surface area (Å²) in [4.78, 5) is 10.5. The number of anilines is 1. The molecule has 1 aromatic rings. The van der Waals surface area contributed by atoms with Gasteiger partial charge in [-0.1, -0.05) is 11.6 Å². The molecule has 0 aliphatic carbocycles. The molecule has 130 valence electrons. The average Bonchev–Trinajstić information content (AvgIpc) is 2.45. The number of halogens is 2. The van der Waals surface area contributed by atoms with Crippen molar-refractivity contribution < 1.29 is 15.4 Å². The zero-order chi connectivity index (χ0) is 16.5. The number of rotatable bonds is 5. The standard InChI is InChI=1S/C14H19ClN2O.HI.HNO3/c1-17-8-6-13(16-7-2-3-9-18)12-5-4-11(15)10-14(12)17;;2-1(3)4/h4-6,10,16,18H,2-3,7-9H2,1H3;1H;(H,2,3,4). The van der Waals surface area contributed by atoms with Gasteiger partial charge in [-0.3, -0.25) is 0 Å². The van der Waals surface area contributed by atoms with Gasteiger partial charge in [0.25, 0.3) is 5.09 Å². The van der Waals surface area contributed by atoms with Gasteiger partial charge in [0, 0.05) is 48.7 Å². The molecule has 1 aromatic carbocycles. The summed E-state index contributed by atoms with van der Waals surface area (Å²) >= 11 is 6.04. The Balaban J connectivity index is 0.000000871. The maximum atomic E-state index is 8.76. The molecule has 0 saturated carbocycles. The number of nitrogens with one attached hydrogen (secondary N) is 1. The van der Waals surface area contributed by atoms with E-state index in [0.29, 0.717) is 0 Å². The highest BCUT2D eigenvalue weighted by molar-refractivity contribution is 14.0. The van der Waals surface area contributed by atoms with Crippen molar-refractivity contribution in [3.8, 4) is 0 Å². The first kappa shape index (κ1) is 21.7. The molecule has 1 aliphatic heterocycles. The molecule has 0 fully saturated rings. The Bertz CT molecular complexity index is 539. The second-order valence-electron chi connectivity index (χ2n) is 4.76. The van der Waals surface area contributed by atoms with Gasteiger partial charge >= 0.3 is 0 Å². The van der Waals surface area contributed by atoms with Crippen LogP contribution in [0, 0.1) is 10.1 Å². The maximum absolute atomic E-state index is 8.76. The number of nitrogens with zero attached hydrogens (tertiary/aromatic N) is 2. The molecule has 1 aliphatic rings. The number of aliphatic hydroxyl groups excluding tert-OH is 1. The van der Waals surface area contributed by atoms with Crippen molar-refractivity contribution in [2.45, 2.75) is 12.8 Å². The van der Waals surface area contributed by atoms with E-state index in [2.05, 4.69) is 29.4 Å². The van der Waals surface area contributed by atoms with E-state index in [1.807, 2.05) is 12.1 Å². The van der Waals surface area contributed by atoms with Crippen molar-refractivity contribution in [1.82, 2.24) is 5.32 Å². The zero-order valence-electron chi connectivity index (χ0n) is 12.7. The Labute approximate surface area is 157 Å². The molecule has 7 nitrogen and oxygen atoms in total. The molecule has 0 unspecified atom stereocenters. The molecule has 2 rings (SSSR count). The normalized spacial score (nSPS) is 12.1. The first-order chi connectivity index (χ1) is 10.5. The van der Waals surface area contributed by atoms with Crippen molar-refractivity contribution >= 4 is 47.0 Å². The van der Waals surface area contributed by atoms with Crippen molar-refractivity contribution in [3.05, 3.63) is 45.0 Å². The molecule has 3 N–H and O–H groups in total. The van der Waals surface area contributed by atoms with Gasteiger partial charge in [0.2, 0.25) is 0 Å². The number of likely N-dealkylation sites (N-methyl/N-ethyl adjacent to an activating group) is 1. The predicted octanol–water partition coefficient (Wildman–Crippen LogP) is 2.76. The Morgan fingerprint density at radius 2 is 2.09 bits per heavy atom. The molecule has 0 radical (unpaired) electrons. The molecule has 0 amide bonds. The Morgan fingerprint density at radius 1 is 1.43 bits per heavy atom. The quantitative estimate of drug-likeness (QED) is 0.272. The first-order valence-electron chi connectivity index (χ1n) is 6.85. The van der Waals surface area contributed by atoms with Crippen LogP contribution in [0.3, 0.4) is 0 Å². The fraction of sp³-hybridized carbons (Fsp3) is 0.429. The maximum Gasteiger partial charge on any atom is 0.291 e. The molecule has 9 heteroatoms. The van der Waals surface area contributed by atoms with Crippen LogP contribution < -0.4 is 10.2 Å². The topological polar surface area (TPSA) is 98.9 Å². The van der Waals surface area contributed by atoms with Gasteiger partial charge in [0.1, 0.15) is 0 Å². The van der Waals surface area contributed by atoms with Crippen molar-refractivity contribution in [2.24, 2.45) is 0 Å². The highest BCUT2D eigenvalue weighted by Gasteiger charge is 2.15. The number of hydrogen-bond donors (Lipinski definition) is 3. The molecule has 0 bridgehead atoms. The lowest BCUT2D eigenvalue weighted by molar-refractivity contribution is -0.742. The van der Waals surface area contributed by atoms with E-state index >= 15 is 0 Å². The van der Waals surface area contributed by atoms with E-state index in [9.17, 15) is 0 Å². The van der Waals surface area contributed by atoms with E-state index in [1.165, 1.54) is 5.56 Å². The second-order valence-corrected chi connectivity index (χ2v) is 5.19. The van der Waals surface area contributed by atoms with E-state index < -0.39 is 5.09 Å². The summed E-state index contributed by atoms with van der Waals surface area (Å²) < 4.78 is 0. The largest absolute Gasteiger partial charge is 0.396 e. The zero-order valence-corrected chi connectivity index (χ0v) is 15.8. The summed E-state index contributed by atoms with van der Waals surface area (Å²) in [7, 11) is 2.06. The molecule has 23 heavy (non-hydrogen) atoms. The highest BCUT2D eigenvalue weighted by Crippen LogP contribution is 2.31. The molecular formula is C14H21ClIN3O4.